The Bertz CT molecular complexity index is 860. The molecule has 0 radical (unpaired) electrons. The predicted molar refractivity (Wildman–Crippen MR) is 130 cm³/mol. The summed E-state index contributed by atoms with van der Waals surface area (Å²) in [6, 6.07) is 6.12. The number of hydrogen-bond donors (Lipinski definition) is 2. The molecule has 33 heavy (non-hydrogen) atoms. The molecule has 1 saturated carbocycles. The lowest BCUT2D eigenvalue weighted by Gasteiger charge is -2.52. The minimum absolute atomic E-state index is 0.0203. The number of nitrogens with one attached hydrogen (secondary N) is 2. The van der Waals surface area contributed by atoms with E-state index < -0.39 is 11.5 Å². The lowest BCUT2D eigenvalue weighted by molar-refractivity contribution is -0.146. The van der Waals surface area contributed by atoms with E-state index in [-0.39, 0.29) is 18.6 Å². The molecule has 1 aromatic rings. The van der Waals surface area contributed by atoms with Crippen LogP contribution in [0.2, 0.25) is 5.02 Å². The van der Waals surface area contributed by atoms with Crippen molar-refractivity contribution in [1.29, 1.82) is 0 Å². The van der Waals surface area contributed by atoms with Crippen LogP contribution in [0.5, 0.6) is 0 Å². The fraction of sp³-hybridized carbons (Fsp3) is 0.692. The van der Waals surface area contributed by atoms with Gasteiger partial charge in [-0.15, -0.1) is 0 Å². The van der Waals surface area contributed by atoms with Gasteiger partial charge in [0.2, 0.25) is 5.91 Å². The third-order valence-corrected chi connectivity index (χ3v) is 8.52. The monoisotopic (exact) mass is 475 g/mol. The molecule has 1 saturated heterocycles. The van der Waals surface area contributed by atoms with Gasteiger partial charge in [0, 0.05) is 12.1 Å². The minimum Gasteiger partial charge on any atom is -0.448 e. The minimum atomic E-state index is -0.524. The number of benzene rings is 1. The quantitative estimate of drug-likeness (QED) is 0.649. The molecular weight excluding hydrogens is 438 g/mol. The molecule has 2 aliphatic heterocycles. The summed E-state index contributed by atoms with van der Waals surface area (Å²) in [5.41, 5.74) is 1.85. The summed E-state index contributed by atoms with van der Waals surface area (Å²) in [4.78, 5) is 28.0. The normalized spacial score (nSPS) is 26.9. The van der Waals surface area contributed by atoms with Crippen molar-refractivity contribution in [3.05, 3.63) is 34.3 Å². The second-order valence-electron chi connectivity index (χ2n) is 10.3. The van der Waals surface area contributed by atoms with Crippen molar-refractivity contribution in [3.63, 3.8) is 0 Å². The van der Waals surface area contributed by atoms with E-state index in [2.05, 4.69) is 36.6 Å². The van der Waals surface area contributed by atoms with Gasteiger partial charge in [-0.3, -0.25) is 4.79 Å². The van der Waals surface area contributed by atoms with Crippen LogP contribution in [0, 0.1) is 17.8 Å². The maximum Gasteiger partial charge on any atom is 0.406 e. The maximum absolute atomic E-state index is 14.2. The van der Waals surface area contributed by atoms with Gasteiger partial charge in [0.05, 0.1) is 18.0 Å². The fourth-order valence-corrected chi connectivity index (χ4v) is 6.60. The van der Waals surface area contributed by atoms with E-state index in [4.69, 9.17) is 16.3 Å². The largest absolute Gasteiger partial charge is 0.448 e. The van der Waals surface area contributed by atoms with Crippen LogP contribution in [-0.4, -0.2) is 50.2 Å². The van der Waals surface area contributed by atoms with Gasteiger partial charge in [0.15, 0.2) is 0 Å². The molecule has 1 aromatic carbocycles. The lowest BCUT2D eigenvalue weighted by atomic mass is 9.64. The molecule has 1 aliphatic carbocycles. The van der Waals surface area contributed by atoms with Crippen LogP contribution in [0.4, 0.5) is 4.79 Å². The molecule has 2 fully saturated rings. The number of rotatable bonds is 5. The molecule has 1 unspecified atom stereocenters. The van der Waals surface area contributed by atoms with Crippen LogP contribution in [0.15, 0.2) is 18.2 Å². The Labute approximate surface area is 202 Å². The number of carbonyl (C=O) groups excluding carboxylic acids is 2. The average molecular weight is 476 g/mol. The molecule has 3 aliphatic rings. The van der Waals surface area contributed by atoms with E-state index in [0.29, 0.717) is 18.4 Å². The zero-order valence-corrected chi connectivity index (χ0v) is 20.9. The first-order chi connectivity index (χ1) is 15.9. The Kier molecular flexibility index (Phi) is 7.54. The van der Waals surface area contributed by atoms with Crippen molar-refractivity contribution in [3.8, 4) is 0 Å². The number of halogens is 1. The second kappa shape index (κ2) is 10.2. The molecule has 7 heteroatoms. The first-order valence-corrected chi connectivity index (χ1v) is 12.9. The molecule has 2 N–H and O–H groups in total. The van der Waals surface area contributed by atoms with Crippen molar-refractivity contribution in [2.24, 2.45) is 17.8 Å². The van der Waals surface area contributed by atoms with Gasteiger partial charge in [-0.1, -0.05) is 31.5 Å². The summed E-state index contributed by atoms with van der Waals surface area (Å²) >= 11 is 6.53. The topological polar surface area (TPSA) is 70.7 Å². The number of piperidine rings is 1. The lowest BCUT2D eigenvalue weighted by Crippen LogP contribution is -2.58. The van der Waals surface area contributed by atoms with Crippen LogP contribution in [0.25, 0.3) is 0 Å². The molecule has 1 atom stereocenters. The van der Waals surface area contributed by atoms with Gasteiger partial charge in [0.1, 0.15) is 6.61 Å². The third kappa shape index (κ3) is 4.74. The predicted octanol–water partition coefficient (Wildman–Crippen LogP) is 4.66. The smallest absolute Gasteiger partial charge is 0.406 e. The Hall–Kier alpha value is -1.79. The Balaban J connectivity index is 1.71. The van der Waals surface area contributed by atoms with Crippen LogP contribution < -0.4 is 10.6 Å². The second-order valence-corrected chi connectivity index (χ2v) is 10.7. The Morgan fingerprint density at radius 1 is 1.24 bits per heavy atom. The highest BCUT2D eigenvalue weighted by Gasteiger charge is 2.52. The third-order valence-electron chi connectivity index (χ3n) is 8.29. The van der Waals surface area contributed by atoms with Crippen molar-refractivity contribution >= 4 is 23.6 Å². The van der Waals surface area contributed by atoms with Gasteiger partial charge < -0.3 is 20.3 Å². The van der Waals surface area contributed by atoms with E-state index >= 15 is 0 Å². The molecule has 0 aromatic heterocycles. The van der Waals surface area contributed by atoms with Crippen LogP contribution in [0.3, 0.4) is 0 Å². The zero-order valence-electron chi connectivity index (χ0n) is 20.2. The highest BCUT2D eigenvalue weighted by atomic mass is 35.5. The highest BCUT2D eigenvalue weighted by Crippen LogP contribution is 2.51. The summed E-state index contributed by atoms with van der Waals surface area (Å²) < 4.78 is 5.33. The van der Waals surface area contributed by atoms with E-state index in [1.807, 2.05) is 11.0 Å². The number of alkyl carbamates (subject to hydrolysis) is 1. The molecule has 6 nitrogen and oxygen atoms in total. The van der Waals surface area contributed by atoms with Crippen molar-refractivity contribution in [2.45, 2.75) is 63.8 Å². The van der Waals surface area contributed by atoms with Crippen LogP contribution in [0.1, 0.15) is 69.5 Å². The number of nitrogens with zero attached hydrogens (tertiary/aromatic N) is 1. The molecule has 4 rings (SSSR count). The maximum atomic E-state index is 14.2. The SMILES string of the molecule is CNC(=O)OCCN1C(=O)C2(CCNCC2)c2ccc(Cl)cc2C1C1CCC(C(C)C)CC1. The molecule has 2 amide bonds. The number of ether oxygens (including phenoxy) is 1. The van der Waals surface area contributed by atoms with Gasteiger partial charge >= 0.3 is 6.09 Å². The van der Waals surface area contributed by atoms with E-state index in [0.717, 1.165) is 55.3 Å². The summed E-state index contributed by atoms with van der Waals surface area (Å²) in [6.07, 6.45) is 5.69. The summed E-state index contributed by atoms with van der Waals surface area (Å²) in [5.74, 6) is 2.02. The van der Waals surface area contributed by atoms with E-state index in [9.17, 15) is 9.59 Å². The Morgan fingerprint density at radius 3 is 2.58 bits per heavy atom. The number of carbonyl (C=O) groups is 2. The first kappa shape index (κ1) is 24.3. The molecule has 0 bridgehead atoms. The molecule has 2 heterocycles. The van der Waals surface area contributed by atoms with Crippen LogP contribution >= 0.6 is 11.6 Å². The number of fused-ring (bicyclic) bond motifs is 2. The van der Waals surface area contributed by atoms with Gasteiger partial charge in [-0.25, -0.2) is 4.79 Å². The number of hydrogen-bond acceptors (Lipinski definition) is 4. The molecular formula is C26H38ClN3O3. The van der Waals surface area contributed by atoms with Gasteiger partial charge in [0.25, 0.3) is 0 Å². The number of amides is 2. The highest BCUT2D eigenvalue weighted by molar-refractivity contribution is 6.30. The standard InChI is InChI=1S/C26H38ClN3O3/c1-17(2)18-4-6-19(7-5-18)23-21-16-20(27)8-9-22(21)26(10-12-29-13-11-26)24(31)30(23)14-15-33-25(32)28-3/h8-9,16-19,23,29H,4-7,10-15H2,1-3H3,(H,28,32). The Morgan fingerprint density at radius 2 is 1.94 bits per heavy atom. The average Bonchev–Trinajstić information content (AvgIpc) is 2.83. The van der Waals surface area contributed by atoms with Gasteiger partial charge in [-0.05, 0) is 92.6 Å². The molecule has 182 valence electrons. The van der Waals surface area contributed by atoms with Gasteiger partial charge in [-0.2, -0.15) is 0 Å². The van der Waals surface area contributed by atoms with Crippen LogP contribution in [-0.2, 0) is 14.9 Å². The summed E-state index contributed by atoms with van der Waals surface area (Å²) in [5, 5.41) is 6.63. The zero-order chi connectivity index (χ0) is 23.6. The van der Waals surface area contributed by atoms with E-state index in [1.54, 1.807) is 7.05 Å². The van der Waals surface area contributed by atoms with Crippen molar-refractivity contribution in [2.75, 3.05) is 33.3 Å². The fourth-order valence-electron chi connectivity index (χ4n) is 6.42. The molecule has 1 spiro atoms. The summed E-state index contributed by atoms with van der Waals surface area (Å²) in [7, 11) is 1.55. The first-order valence-electron chi connectivity index (χ1n) is 12.5. The van der Waals surface area contributed by atoms with Crippen molar-refractivity contribution in [1.82, 2.24) is 15.5 Å². The summed E-state index contributed by atoms with van der Waals surface area (Å²) in [6.45, 7) is 6.86. The van der Waals surface area contributed by atoms with E-state index in [1.165, 1.54) is 18.4 Å². The van der Waals surface area contributed by atoms with Crippen molar-refractivity contribution < 1.29 is 14.3 Å².